The highest BCUT2D eigenvalue weighted by molar-refractivity contribution is 7.26. The maximum absolute atomic E-state index is 9.78. The Morgan fingerprint density at radius 1 is 0.490 bits per heavy atom. The molecule has 2 aromatic heterocycles. The molecular weight excluding hydrogens is 613 g/mol. The molecule has 49 heavy (non-hydrogen) atoms. The van der Waals surface area contributed by atoms with Crippen LogP contribution >= 0.6 is 11.3 Å². The molecule has 0 aliphatic heterocycles. The van der Waals surface area contributed by atoms with Crippen molar-refractivity contribution in [2.24, 2.45) is 0 Å². The normalized spacial score (nSPS) is 11.1. The number of thiophene rings is 1. The van der Waals surface area contributed by atoms with Gasteiger partial charge in [-0.3, -0.25) is 0 Å². The Balaban J connectivity index is 0.000000446. The number of hydrogen-bond donors (Lipinski definition) is 0. The SMILES string of the molecule is Cc1ccccc1.Cc1ccccc1-c1cc(-c2ccc3c(c2)c2ccccc2n3-c2cccc3c2sc2c(C#N)cccc23)ccc1C. The van der Waals surface area contributed by atoms with Crippen LogP contribution in [0, 0.1) is 32.1 Å². The molecule has 0 saturated heterocycles. The Hall–Kier alpha value is -5.95. The summed E-state index contributed by atoms with van der Waals surface area (Å²) in [5, 5.41) is 14.6. The highest BCUT2D eigenvalue weighted by Gasteiger charge is 2.18. The van der Waals surface area contributed by atoms with Crippen LogP contribution in [0.4, 0.5) is 0 Å². The van der Waals surface area contributed by atoms with Crippen molar-refractivity contribution in [1.29, 1.82) is 5.26 Å². The average Bonchev–Trinajstić information content (AvgIpc) is 3.69. The largest absolute Gasteiger partial charge is 0.308 e. The van der Waals surface area contributed by atoms with Crippen molar-refractivity contribution < 1.29 is 0 Å². The van der Waals surface area contributed by atoms with Gasteiger partial charge in [-0.2, -0.15) is 5.26 Å². The van der Waals surface area contributed by atoms with E-state index >= 15 is 0 Å². The summed E-state index contributed by atoms with van der Waals surface area (Å²) in [6.45, 7) is 6.46. The van der Waals surface area contributed by atoms with Gasteiger partial charge in [-0.25, -0.2) is 0 Å². The number of nitriles is 1. The lowest BCUT2D eigenvalue weighted by Gasteiger charge is -2.13. The summed E-state index contributed by atoms with van der Waals surface area (Å²) in [4.78, 5) is 0. The van der Waals surface area contributed by atoms with Gasteiger partial charge in [0, 0.05) is 21.5 Å². The fourth-order valence-electron chi connectivity index (χ4n) is 6.98. The van der Waals surface area contributed by atoms with Crippen LogP contribution < -0.4 is 0 Å². The maximum atomic E-state index is 9.78. The molecule has 0 saturated carbocycles. The van der Waals surface area contributed by atoms with E-state index in [1.165, 1.54) is 70.8 Å². The van der Waals surface area contributed by atoms with Gasteiger partial charge in [0.2, 0.25) is 0 Å². The molecule has 0 spiro atoms. The van der Waals surface area contributed by atoms with Crippen molar-refractivity contribution >= 4 is 53.3 Å². The number of hydrogen-bond acceptors (Lipinski definition) is 2. The summed E-state index contributed by atoms with van der Waals surface area (Å²) in [5.41, 5.74) is 13.1. The van der Waals surface area contributed by atoms with Crippen LogP contribution in [0.2, 0.25) is 0 Å². The van der Waals surface area contributed by atoms with E-state index in [4.69, 9.17) is 0 Å². The molecule has 3 heteroatoms. The van der Waals surface area contributed by atoms with E-state index in [-0.39, 0.29) is 0 Å². The third-order valence-corrected chi connectivity index (χ3v) is 10.8. The predicted octanol–water partition coefficient (Wildman–Crippen LogP) is 13.0. The van der Waals surface area contributed by atoms with E-state index in [0.717, 1.165) is 21.3 Å². The minimum Gasteiger partial charge on any atom is -0.308 e. The van der Waals surface area contributed by atoms with Gasteiger partial charge in [0.05, 0.1) is 31.7 Å². The lowest BCUT2D eigenvalue weighted by molar-refractivity contribution is 1.20. The van der Waals surface area contributed by atoms with Gasteiger partial charge in [-0.1, -0.05) is 121 Å². The van der Waals surface area contributed by atoms with Crippen LogP contribution in [0.25, 0.3) is 69.9 Å². The molecule has 0 aliphatic rings. The predicted molar refractivity (Wildman–Crippen MR) is 210 cm³/mol. The number of fused-ring (bicyclic) bond motifs is 6. The Morgan fingerprint density at radius 3 is 1.90 bits per heavy atom. The lowest BCUT2D eigenvalue weighted by atomic mass is 9.92. The summed E-state index contributed by atoms with van der Waals surface area (Å²) in [6, 6.07) is 56.2. The zero-order valence-corrected chi connectivity index (χ0v) is 28.6. The van der Waals surface area contributed by atoms with Crippen LogP contribution in [0.5, 0.6) is 0 Å². The van der Waals surface area contributed by atoms with Crippen molar-refractivity contribution in [3.8, 4) is 34.0 Å². The standard InChI is InChI=1S/C39H26N2S.C7H8/c1-24-9-3-4-11-29(24)33-21-26(18-17-25(33)2)27-19-20-36-34(22-27)30-12-5-6-15-35(30)41(36)37-16-8-14-32-31-13-7-10-28(23-40)38(31)42-39(32)37;1-7-5-3-2-4-6-7/h3-22H,1-2H3;2-6H,1H3. The molecular formula is C46H34N2S. The van der Waals surface area contributed by atoms with E-state index < -0.39 is 0 Å². The molecule has 0 fully saturated rings. The number of rotatable bonds is 3. The highest BCUT2D eigenvalue weighted by Crippen LogP contribution is 2.42. The van der Waals surface area contributed by atoms with E-state index in [2.05, 4.69) is 153 Å². The Labute approximate surface area is 290 Å². The monoisotopic (exact) mass is 646 g/mol. The van der Waals surface area contributed by atoms with Crippen molar-refractivity contribution in [3.05, 3.63) is 174 Å². The van der Waals surface area contributed by atoms with E-state index in [1.54, 1.807) is 11.3 Å². The molecule has 2 heterocycles. The van der Waals surface area contributed by atoms with Crippen molar-refractivity contribution in [1.82, 2.24) is 4.57 Å². The molecule has 2 nitrogen and oxygen atoms in total. The Kier molecular flexibility index (Phi) is 7.80. The average molecular weight is 647 g/mol. The Bertz CT molecular complexity index is 2700. The molecule has 0 radical (unpaired) electrons. The highest BCUT2D eigenvalue weighted by atomic mass is 32.1. The van der Waals surface area contributed by atoms with Gasteiger partial charge in [-0.05, 0) is 90.6 Å². The van der Waals surface area contributed by atoms with Gasteiger partial charge >= 0.3 is 0 Å². The molecule has 9 rings (SSSR count). The first-order valence-electron chi connectivity index (χ1n) is 16.6. The van der Waals surface area contributed by atoms with Crippen LogP contribution in [0.3, 0.4) is 0 Å². The van der Waals surface area contributed by atoms with Gasteiger partial charge in [0.1, 0.15) is 6.07 Å². The smallest absolute Gasteiger partial charge is 0.101 e. The second-order valence-corrected chi connectivity index (χ2v) is 13.7. The van der Waals surface area contributed by atoms with Crippen LogP contribution in [0.1, 0.15) is 22.3 Å². The third-order valence-electron chi connectivity index (χ3n) is 9.48. The number of benzene rings is 7. The zero-order chi connectivity index (χ0) is 33.5. The lowest BCUT2D eigenvalue weighted by Crippen LogP contribution is -1.94. The first kappa shape index (κ1) is 30.4. The third kappa shape index (κ3) is 5.37. The fraction of sp³-hybridized carbons (Fsp3) is 0.0652. The molecule has 0 atom stereocenters. The van der Waals surface area contributed by atoms with Crippen molar-refractivity contribution in [2.45, 2.75) is 20.8 Å². The first-order chi connectivity index (χ1) is 24.0. The molecule has 0 bridgehead atoms. The summed E-state index contributed by atoms with van der Waals surface area (Å²) in [5.74, 6) is 0. The minimum absolute atomic E-state index is 0.731. The molecule has 0 unspecified atom stereocenters. The second kappa shape index (κ2) is 12.6. The number of para-hydroxylation sites is 1. The molecule has 7 aromatic carbocycles. The van der Waals surface area contributed by atoms with Gasteiger partial charge in [0.25, 0.3) is 0 Å². The number of aromatic nitrogens is 1. The van der Waals surface area contributed by atoms with E-state index in [9.17, 15) is 5.26 Å². The van der Waals surface area contributed by atoms with E-state index in [1.807, 2.05) is 30.3 Å². The summed E-state index contributed by atoms with van der Waals surface area (Å²) in [7, 11) is 0. The first-order valence-corrected chi connectivity index (χ1v) is 17.4. The summed E-state index contributed by atoms with van der Waals surface area (Å²) >= 11 is 1.71. The molecule has 9 aromatic rings. The Morgan fingerprint density at radius 2 is 1.12 bits per heavy atom. The maximum Gasteiger partial charge on any atom is 0.101 e. The quantitative estimate of drug-likeness (QED) is 0.188. The van der Waals surface area contributed by atoms with Crippen LogP contribution in [-0.4, -0.2) is 4.57 Å². The second-order valence-electron chi connectivity index (χ2n) is 12.6. The van der Waals surface area contributed by atoms with Gasteiger partial charge in [0.15, 0.2) is 0 Å². The summed E-state index contributed by atoms with van der Waals surface area (Å²) in [6.07, 6.45) is 0. The van der Waals surface area contributed by atoms with Gasteiger partial charge in [-0.15, -0.1) is 11.3 Å². The van der Waals surface area contributed by atoms with Gasteiger partial charge < -0.3 is 4.57 Å². The fourth-order valence-corrected chi connectivity index (χ4v) is 8.25. The topological polar surface area (TPSA) is 28.7 Å². The van der Waals surface area contributed by atoms with E-state index in [0.29, 0.717) is 0 Å². The number of nitrogens with zero attached hydrogens (tertiary/aromatic N) is 2. The molecule has 234 valence electrons. The minimum atomic E-state index is 0.731. The zero-order valence-electron chi connectivity index (χ0n) is 27.7. The van der Waals surface area contributed by atoms with Crippen molar-refractivity contribution in [3.63, 3.8) is 0 Å². The molecule has 0 amide bonds. The molecule has 0 aliphatic carbocycles. The summed E-state index contributed by atoms with van der Waals surface area (Å²) < 4.78 is 4.64. The number of aryl methyl sites for hydroxylation is 3. The van der Waals surface area contributed by atoms with Crippen molar-refractivity contribution in [2.75, 3.05) is 0 Å². The molecule has 0 N–H and O–H groups in total. The van der Waals surface area contributed by atoms with Crippen LogP contribution in [-0.2, 0) is 0 Å². The van der Waals surface area contributed by atoms with Crippen LogP contribution in [0.15, 0.2) is 152 Å².